The van der Waals surface area contributed by atoms with E-state index >= 15 is 0 Å². The molecule has 106 valence electrons. The number of hydrogen-bond acceptors (Lipinski definition) is 3. The van der Waals surface area contributed by atoms with Crippen LogP contribution >= 0.6 is 0 Å². The average molecular weight is 271 g/mol. The Morgan fingerprint density at radius 2 is 1.80 bits per heavy atom. The normalized spacial score (nSPS) is 12.0. The molecule has 0 bridgehead atoms. The van der Waals surface area contributed by atoms with Gasteiger partial charge in [-0.05, 0) is 31.5 Å². The van der Waals surface area contributed by atoms with Gasteiger partial charge in [-0.25, -0.2) is 0 Å². The number of hydrogen-bond donors (Lipinski definition) is 1. The maximum absolute atomic E-state index is 6.19. The molecule has 0 heterocycles. The fourth-order valence-electron chi connectivity index (χ4n) is 2.20. The SMILES string of the molecule is COc1ccccc1C(N)COc1ccc(C)cc1C. The first-order chi connectivity index (χ1) is 9.61. The zero-order valence-electron chi connectivity index (χ0n) is 12.2. The van der Waals surface area contributed by atoms with E-state index in [1.807, 2.05) is 43.3 Å². The average Bonchev–Trinajstić information content (AvgIpc) is 2.46. The minimum absolute atomic E-state index is 0.216. The van der Waals surface area contributed by atoms with Crippen LogP contribution in [0, 0.1) is 13.8 Å². The van der Waals surface area contributed by atoms with E-state index in [1.54, 1.807) is 7.11 Å². The molecule has 3 nitrogen and oxygen atoms in total. The Labute approximate surface area is 120 Å². The molecule has 2 aromatic carbocycles. The topological polar surface area (TPSA) is 44.5 Å². The molecule has 0 radical (unpaired) electrons. The minimum Gasteiger partial charge on any atom is -0.496 e. The first-order valence-electron chi connectivity index (χ1n) is 6.70. The Morgan fingerprint density at radius 3 is 2.50 bits per heavy atom. The largest absolute Gasteiger partial charge is 0.496 e. The fraction of sp³-hybridized carbons (Fsp3) is 0.294. The Morgan fingerprint density at radius 1 is 1.05 bits per heavy atom. The molecule has 0 aliphatic carbocycles. The van der Waals surface area contributed by atoms with Crippen molar-refractivity contribution in [2.24, 2.45) is 5.73 Å². The molecule has 0 aromatic heterocycles. The van der Waals surface area contributed by atoms with Crippen LogP contribution in [0.3, 0.4) is 0 Å². The van der Waals surface area contributed by atoms with E-state index in [0.717, 1.165) is 22.6 Å². The summed E-state index contributed by atoms with van der Waals surface area (Å²) in [6.07, 6.45) is 0. The van der Waals surface area contributed by atoms with Crippen LogP contribution in [-0.2, 0) is 0 Å². The number of benzene rings is 2. The van der Waals surface area contributed by atoms with Gasteiger partial charge in [0.15, 0.2) is 0 Å². The number of rotatable bonds is 5. The van der Waals surface area contributed by atoms with E-state index in [4.69, 9.17) is 15.2 Å². The molecule has 2 N–H and O–H groups in total. The summed E-state index contributed by atoms with van der Waals surface area (Å²) in [5, 5.41) is 0. The molecule has 0 amide bonds. The van der Waals surface area contributed by atoms with Gasteiger partial charge in [0.05, 0.1) is 13.2 Å². The molecule has 0 spiro atoms. The lowest BCUT2D eigenvalue weighted by Gasteiger charge is -2.17. The molecular formula is C17H21NO2. The van der Waals surface area contributed by atoms with Crippen LogP contribution < -0.4 is 15.2 Å². The van der Waals surface area contributed by atoms with Crippen LogP contribution in [0.5, 0.6) is 11.5 Å². The van der Waals surface area contributed by atoms with Crippen LogP contribution in [0.2, 0.25) is 0 Å². The summed E-state index contributed by atoms with van der Waals surface area (Å²) < 4.78 is 11.1. The third kappa shape index (κ3) is 3.31. The maximum Gasteiger partial charge on any atom is 0.123 e. The molecular weight excluding hydrogens is 250 g/mol. The van der Waals surface area contributed by atoms with E-state index in [0.29, 0.717) is 6.61 Å². The smallest absolute Gasteiger partial charge is 0.123 e. The van der Waals surface area contributed by atoms with Crippen molar-refractivity contribution in [2.45, 2.75) is 19.9 Å². The van der Waals surface area contributed by atoms with Crippen molar-refractivity contribution >= 4 is 0 Å². The van der Waals surface area contributed by atoms with Crippen LogP contribution in [0.4, 0.5) is 0 Å². The van der Waals surface area contributed by atoms with Crippen molar-refractivity contribution < 1.29 is 9.47 Å². The van der Waals surface area contributed by atoms with Crippen LogP contribution in [-0.4, -0.2) is 13.7 Å². The predicted molar refractivity (Wildman–Crippen MR) is 81.3 cm³/mol. The number of nitrogens with two attached hydrogens (primary N) is 1. The maximum atomic E-state index is 6.19. The summed E-state index contributed by atoms with van der Waals surface area (Å²) in [6, 6.07) is 13.7. The monoisotopic (exact) mass is 271 g/mol. The summed E-state index contributed by atoms with van der Waals surface area (Å²) in [6.45, 7) is 4.53. The van der Waals surface area contributed by atoms with E-state index in [-0.39, 0.29) is 6.04 Å². The van der Waals surface area contributed by atoms with E-state index in [2.05, 4.69) is 13.0 Å². The Balaban J connectivity index is 2.06. The quantitative estimate of drug-likeness (QED) is 0.906. The van der Waals surface area contributed by atoms with Gasteiger partial charge in [-0.15, -0.1) is 0 Å². The highest BCUT2D eigenvalue weighted by atomic mass is 16.5. The summed E-state index contributed by atoms with van der Waals surface area (Å²) in [7, 11) is 1.65. The van der Waals surface area contributed by atoms with Crippen molar-refractivity contribution in [3.8, 4) is 11.5 Å². The van der Waals surface area contributed by atoms with Gasteiger partial charge >= 0.3 is 0 Å². The van der Waals surface area contributed by atoms with Gasteiger partial charge in [0, 0.05) is 5.56 Å². The molecule has 0 aliphatic heterocycles. The second-order valence-electron chi connectivity index (χ2n) is 4.93. The van der Waals surface area contributed by atoms with Gasteiger partial charge in [0.25, 0.3) is 0 Å². The summed E-state index contributed by atoms with van der Waals surface area (Å²) in [4.78, 5) is 0. The van der Waals surface area contributed by atoms with Crippen LogP contribution in [0.15, 0.2) is 42.5 Å². The Hall–Kier alpha value is -2.00. The number of methoxy groups -OCH3 is 1. The van der Waals surface area contributed by atoms with Crippen molar-refractivity contribution in [3.63, 3.8) is 0 Å². The van der Waals surface area contributed by atoms with Gasteiger partial charge in [-0.3, -0.25) is 0 Å². The second kappa shape index (κ2) is 6.44. The fourth-order valence-corrected chi connectivity index (χ4v) is 2.20. The van der Waals surface area contributed by atoms with E-state index < -0.39 is 0 Å². The van der Waals surface area contributed by atoms with Gasteiger partial charge in [-0.2, -0.15) is 0 Å². The van der Waals surface area contributed by atoms with Crippen molar-refractivity contribution in [1.82, 2.24) is 0 Å². The molecule has 0 saturated heterocycles. The number of aryl methyl sites for hydroxylation is 2. The first kappa shape index (κ1) is 14.4. The van der Waals surface area contributed by atoms with Crippen LogP contribution in [0.25, 0.3) is 0 Å². The highest BCUT2D eigenvalue weighted by molar-refractivity contribution is 5.37. The summed E-state index contributed by atoms with van der Waals surface area (Å²) in [5.41, 5.74) is 9.50. The standard InChI is InChI=1S/C17H21NO2/c1-12-8-9-16(13(2)10-12)20-11-15(18)14-6-4-5-7-17(14)19-3/h4-10,15H,11,18H2,1-3H3. The molecule has 2 rings (SSSR count). The van der Waals surface area contributed by atoms with Gasteiger partial charge in [-0.1, -0.05) is 35.9 Å². The third-order valence-electron chi connectivity index (χ3n) is 3.29. The van der Waals surface area contributed by atoms with Crippen molar-refractivity contribution in [3.05, 3.63) is 59.2 Å². The van der Waals surface area contributed by atoms with Crippen molar-refractivity contribution in [1.29, 1.82) is 0 Å². The van der Waals surface area contributed by atoms with Gasteiger partial charge in [0.1, 0.15) is 18.1 Å². The number of para-hydroxylation sites is 1. The molecule has 0 aliphatic rings. The minimum atomic E-state index is -0.216. The summed E-state index contributed by atoms with van der Waals surface area (Å²) in [5.74, 6) is 1.67. The Bertz CT molecular complexity index is 581. The molecule has 3 heteroatoms. The molecule has 2 aromatic rings. The van der Waals surface area contributed by atoms with Crippen LogP contribution in [0.1, 0.15) is 22.7 Å². The molecule has 1 atom stereocenters. The lowest BCUT2D eigenvalue weighted by atomic mass is 10.1. The summed E-state index contributed by atoms with van der Waals surface area (Å²) >= 11 is 0. The third-order valence-corrected chi connectivity index (χ3v) is 3.29. The predicted octanol–water partition coefficient (Wildman–Crippen LogP) is 3.39. The van der Waals surface area contributed by atoms with E-state index in [9.17, 15) is 0 Å². The highest BCUT2D eigenvalue weighted by Crippen LogP contribution is 2.25. The van der Waals surface area contributed by atoms with Crippen molar-refractivity contribution in [2.75, 3.05) is 13.7 Å². The van der Waals surface area contributed by atoms with Gasteiger partial charge < -0.3 is 15.2 Å². The second-order valence-corrected chi connectivity index (χ2v) is 4.93. The molecule has 0 fully saturated rings. The zero-order valence-corrected chi connectivity index (χ0v) is 12.2. The number of ether oxygens (including phenoxy) is 2. The molecule has 0 saturated carbocycles. The lowest BCUT2D eigenvalue weighted by molar-refractivity contribution is 0.285. The molecule has 1 unspecified atom stereocenters. The first-order valence-corrected chi connectivity index (χ1v) is 6.70. The molecule has 20 heavy (non-hydrogen) atoms. The van der Waals surface area contributed by atoms with Gasteiger partial charge in [0.2, 0.25) is 0 Å². The lowest BCUT2D eigenvalue weighted by Crippen LogP contribution is -2.20. The van der Waals surface area contributed by atoms with E-state index in [1.165, 1.54) is 5.56 Å². The zero-order chi connectivity index (χ0) is 14.5. The highest BCUT2D eigenvalue weighted by Gasteiger charge is 2.12. The Kier molecular flexibility index (Phi) is 4.64.